The van der Waals surface area contributed by atoms with Gasteiger partial charge in [0.25, 0.3) is 0 Å². The Bertz CT molecular complexity index is 448. The highest BCUT2D eigenvalue weighted by Crippen LogP contribution is 2.34. The monoisotopic (exact) mass is 280 g/mol. The van der Waals surface area contributed by atoms with Crippen molar-refractivity contribution >= 4 is 11.6 Å². The van der Waals surface area contributed by atoms with Gasteiger partial charge in [0, 0.05) is 42.8 Å². The van der Waals surface area contributed by atoms with Crippen molar-refractivity contribution in [2.75, 3.05) is 26.7 Å². The lowest BCUT2D eigenvalue weighted by Gasteiger charge is -2.34. The maximum atomic E-state index is 6.32. The van der Waals surface area contributed by atoms with Gasteiger partial charge in [-0.1, -0.05) is 17.7 Å². The minimum absolute atomic E-state index is 0.669. The summed E-state index contributed by atoms with van der Waals surface area (Å²) in [4.78, 5) is 2.49. The van der Waals surface area contributed by atoms with Crippen LogP contribution in [-0.4, -0.2) is 37.7 Å². The van der Waals surface area contributed by atoms with Crippen LogP contribution in [0.1, 0.15) is 18.4 Å². The van der Waals surface area contributed by atoms with Crippen LogP contribution in [0.3, 0.4) is 0 Å². The first-order valence-corrected chi connectivity index (χ1v) is 7.43. The van der Waals surface area contributed by atoms with E-state index in [4.69, 9.17) is 16.3 Å². The van der Waals surface area contributed by atoms with Crippen molar-refractivity contribution in [1.29, 1.82) is 0 Å². The van der Waals surface area contributed by atoms with Crippen LogP contribution in [0, 0.1) is 5.92 Å². The molecule has 3 rings (SSSR count). The lowest BCUT2D eigenvalue weighted by atomic mass is 10.1. The summed E-state index contributed by atoms with van der Waals surface area (Å²) in [5, 5.41) is 4.44. The lowest BCUT2D eigenvalue weighted by molar-refractivity contribution is 0.180. The molecule has 2 fully saturated rings. The van der Waals surface area contributed by atoms with Crippen molar-refractivity contribution in [1.82, 2.24) is 10.2 Å². The molecule has 1 aliphatic carbocycles. The highest BCUT2D eigenvalue weighted by molar-refractivity contribution is 6.31. The number of hydrogen-bond acceptors (Lipinski definition) is 3. The minimum atomic E-state index is 0.669. The summed E-state index contributed by atoms with van der Waals surface area (Å²) in [7, 11) is 1.71. The van der Waals surface area contributed by atoms with Crippen molar-refractivity contribution in [2.24, 2.45) is 5.92 Å². The molecule has 19 heavy (non-hydrogen) atoms. The number of rotatable bonds is 4. The maximum absolute atomic E-state index is 6.32. The van der Waals surface area contributed by atoms with Gasteiger partial charge in [-0.05, 0) is 30.9 Å². The quantitative estimate of drug-likeness (QED) is 0.917. The topological polar surface area (TPSA) is 24.5 Å². The molecule has 3 nitrogen and oxygen atoms in total. The van der Waals surface area contributed by atoms with Crippen LogP contribution in [0.15, 0.2) is 18.2 Å². The van der Waals surface area contributed by atoms with Crippen molar-refractivity contribution in [3.05, 3.63) is 28.8 Å². The lowest BCUT2D eigenvalue weighted by Crippen LogP contribution is -2.51. The van der Waals surface area contributed by atoms with Gasteiger partial charge >= 0.3 is 0 Å². The Morgan fingerprint density at radius 3 is 3.00 bits per heavy atom. The number of methoxy groups -OCH3 is 1. The third-order valence-corrected chi connectivity index (χ3v) is 4.51. The van der Waals surface area contributed by atoms with E-state index < -0.39 is 0 Å². The molecule has 0 amide bonds. The van der Waals surface area contributed by atoms with Crippen LogP contribution in [0.4, 0.5) is 0 Å². The molecule has 2 aliphatic rings. The van der Waals surface area contributed by atoms with E-state index in [-0.39, 0.29) is 0 Å². The second-order valence-electron chi connectivity index (χ2n) is 5.55. The van der Waals surface area contributed by atoms with Gasteiger partial charge in [-0.3, -0.25) is 4.90 Å². The van der Waals surface area contributed by atoms with Gasteiger partial charge in [0.2, 0.25) is 0 Å². The molecule has 104 valence electrons. The van der Waals surface area contributed by atoms with Crippen molar-refractivity contribution in [3.8, 4) is 5.75 Å². The zero-order valence-corrected chi connectivity index (χ0v) is 12.1. The van der Waals surface area contributed by atoms with E-state index in [9.17, 15) is 0 Å². The summed E-state index contributed by atoms with van der Waals surface area (Å²) in [6, 6.07) is 6.54. The summed E-state index contributed by atoms with van der Waals surface area (Å²) in [6.07, 6.45) is 2.78. The summed E-state index contributed by atoms with van der Waals surface area (Å²) in [6.45, 7) is 4.17. The van der Waals surface area contributed by atoms with Crippen LogP contribution >= 0.6 is 11.6 Å². The zero-order valence-electron chi connectivity index (χ0n) is 11.4. The van der Waals surface area contributed by atoms with Gasteiger partial charge in [0.1, 0.15) is 5.75 Å². The van der Waals surface area contributed by atoms with E-state index in [1.807, 2.05) is 18.2 Å². The summed E-state index contributed by atoms with van der Waals surface area (Å²) >= 11 is 6.32. The van der Waals surface area contributed by atoms with Gasteiger partial charge in [-0.15, -0.1) is 0 Å². The van der Waals surface area contributed by atoms with E-state index in [2.05, 4.69) is 10.2 Å². The highest BCUT2D eigenvalue weighted by atomic mass is 35.5. The number of halogens is 1. The van der Waals surface area contributed by atoms with E-state index in [0.29, 0.717) is 6.04 Å². The second kappa shape index (κ2) is 5.70. The van der Waals surface area contributed by atoms with Crippen LogP contribution < -0.4 is 10.1 Å². The van der Waals surface area contributed by atoms with Crippen LogP contribution in [0.5, 0.6) is 5.75 Å². The Kier molecular flexibility index (Phi) is 3.96. The number of benzene rings is 1. The van der Waals surface area contributed by atoms with E-state index >= 15 is 0 Å². The summed E-state index contributed by atoms with van der Waals surface area (Å²) in [5.74, 6) is 1.80. The van der Waals surface area contributed by atoms with E-state index in [1.165, 1.54) is 12.8 Å². The number of piperazine rings is 1. The van der Waals surface area contributed by atoms with Crippen molar-refractivity contribution < 1.29 is 4.74 Å². The molecule has 1 unspecified atom stereocenters. The SMILES string of the molecule is COc1cccc(Cl)c1CN1CCNC(C2CC2)C1. The van der Waals surface area contributed by atoms with E-state index in [0.717, 1.165) is 48.4 Å². The minimum Gasteiger partial charge on any atom is -0.496 e. The smallest absolute Gasteiger partial charge is 0.124 e. The fourth-order valence-corrected chi connectivity index (χ4v) is 3.13. The molecule has 1 aromatic rings. The molecular formula is C15H21ClN2O. The Balaban J connectivity index is 1.70. The first-order chi connectivity index (χ1) is 9.28. The summed E-state index contributed by atoms with van der Waals surface area (Å²) in [5.41, 5.74) is 1.11. The van der Waals surface area contributed by atoms with Crippen LogP contribution in [-0.2, 0) is 6.54 Å². The van der Waals surface area contributed by atoms with Crippen molar-refractivity contribution in [2.45, 2.75) is 25.4 Å². The maximum Gasteiger partial charge on any atom is 0.124 e. The normalized spacial score (nSPS) is 24.4. The third-order valence-electron chi connectivity index (χ3n) is 4.16. The average Bonchev–Trinajstić information content (AvgIpc) is 3.26. The Hall–Kier alpha value is -0.770. The first kappa shape index (κ1) is 13.2. The summed E-state index contributed by atoms with van der Waals surface area (Å²) < 4.78 is 5.43. The van der Waals surface area contributed by atoms with Gasteiger partial charge in [-0.25, -0.2) is 0 Å². The molecule has 1 heterocycles. The average molecular weight is 281 g/mol. The molecule has 1 saturated heterocycles. The predicted molar refractivity (Wildman–Crippen MR) is 77.8 cm³/mol. The molecule has 0 radical (unpaired) electrons. The molecule has 1 aromatic carbocycles. The first-order valence-electron chi connectivity index (χ1n) is 7.05. The Morgan fingerprint density at radius 1 is 1.42 bits per heavy atom. The number of hydrogen-bond donors (Lipinski definition) is 1. The van der Waals surface area contributed by atoms with Crippen LogP contribution in [0.25, 0.3) is 0 Å². The van der Waals surface area contributed by atoms with Gasteiger partial charge in [0.05, 0.1) is 7.11 Å². The Morgan fingerprint density at radius 2 is 2.26 bits per heavy atom. The molecule has 1 saturated carbocycles. The van der Waals surface area contributed by atoms with Crippen LogP contribution in [0.2, 0.25) is 5.02 Å². The standard InChI is InChI=1S/C15H21ClN2O/c1-19-15-4-2-3-13(16)12(15)9-18-8-7-17-14(10-18)11-5-6-11/h2-4,11,14,17H,5-10H2,1H3. The number of ether oxygens (including phenoxy) is 1. The van der Waals surface area contributed by atoms with Gasteiger partial charge in [-0.2, -0.15) is 0 Å². The van der Waals surface area contributed by atoms with E-state index in [1.54, 1.807) is 7.11 Å². The predicted octanol–water partition coefficient (Wildman–Crippen LogP) is 2.53. The molecule has 1 atom stereocenters. The number of nitrogens with one attached hydrogen (secondary N) is 1. The molecule has 0 bridgehead atoms. The largest absolute Gasteiger partial charge is 0.496 e. The van der Waals surface area contributed by atoms with Gasteiger partial charge in [0.15, 0.2) is 0 Å². The third kappa shape index (κ3) is 3.04. The molecule has 1 N–H and O–H groups in total. The second-order valence-corrected chi connectivity index (χ2v) is 5.96. The highest BCUT2D eigenvalue weighted by Gasteiger charge is 2.34. The fourth-order valence-electron chi connectivity index (χ4n) is 2.91. The molecule has 0 spiro atoms. The van der Waals surface area contributed by atoms with Crippen molar-refractivity contribution in [3.63, 3.8) is 0 Å². The molecular weight excluding hydrogens is 260 g/mol. The fraction of sp³-hybridized carbons (Fsp3) is 0.600. The zero-order chi connectivity index (χ0) is 13.2. The molecule has 1 aliphatic heterocycles. The Labute approximate surface area is 119 Å². The number of nitrogens with zero attached hydrogens (tertiary/aromatic N) is 1. The molecule has 4 heteroatoms. The van der Waals surface area contributed by atoms with Gasteiger partial charge < -0.3 is 10.1 Å². The molecule has 0 aromatic heterocycles.